The van der Waals surface area contributed by atoms with Gasteiger partial charge in [0.2, 0.25) is 5.28 Å². The topological polar surface area (TPSA) is 125 Å². The van der Waals surface area contributed by atoms with Gasteiger partial charge in [-0.15, -0.1) is 0 Å². The number of aromatic amines is 1. The van der Waals surface area contributed by atoms with Crippen LogP contribution in [0, 0.1) is 0 Å². The highest BCUT2D eigenvalue weighted by Crippen LogP contribution is 2.10. The minimum atomic E-state index is -0.454. The standard InChI is InChI=1S/C20H23ClN8O3/c1-2-3-11-26-16-15(22-18(21)23-16)17(30)27(19(26)31)12-7-8-13-28-20(32)29(25-24-28)14-9-5-4-6-10-14/h4-6,9-10H,2-3,7-8,11-13H2,1H3,(H,22,23). The Kier molecular flexibility index (Phi) is 6.35. The monoisotopic (exact) mass is 458 g/mol. The molecule has 0 spiro atoms. The van der Waals surface area contributed by atoms with Crippen LogP contribution >= 0.6 is 11.6 Å². The molecular weight excluding hydrogens is 436 g/mol. The van der Waals surface area contributed by atoms with Crippen molar-refractivity contribution in [2.75, 3.05) is 0 Å². The maximum atomic E-state index is 12.9. The first-order valence-corrected chi connectivity index (χ1v) is 10.9. The summed E-state index contributed by atoms with van der Waals surface area (Å²) < 4.78 is 5.18. The summed E-state index contributed by atoms with van der Waals surface area (Å²) in [4.78, 5) is 45.1. The molecule has 3 aromatic heterocycles. The van der Waals surface area contributed by atoms with E-state index in [1.165, 1.54) is 18.5 Å². The predicted molar refractivity (Wildman–Crippen MR) is 119 cm³/mol. The molecule has 0 aliphatic carbocycles. The smallest absolute Gasteiger partial charge is 0.323 e. The number of fused-ring (bicyclic) bond motifs is 1. The van der Waals surface area contributed by atoms with E-state index >= 15 is 0 Å². The molecule has 0 atom stereocenters. The number of hydrogen-bond acceptors (Lipinski definition) is 6. The van der Waals surface area contributed by atoms with Crippen molar-refractivity contribution in [2.24, 2.45) is 0 Å². The Hall–Kier alpha value is -3.47. The molecule has 0 saturated heterocycles. The molecule has 0 aliphatic rings. The van der Waals surface area contributed by atoms with Gasteiger partial charge in [-0.05, 0) is 53.4 Å². The molecule has 0 unspecified atom stereocenters. The van der Waals surface area contributed by atoms with Gasteiger partial charge in [-0.2, -0.15) is 14.3 Å². The van der Waals surface area contributed by atoms with Crippen molar-refractivity contribution < 1.29 is 0 Å². The lowest BCUT2D eigenvalue weighted by molar-refractivity contribution is 0.479. The highest BCUT2D eigenvalue weighted by Gasteiger charge is 2.16. The summed E-state index contributed by atoms with van der Waals surface area (Å²) in [5, 5.41) is 7.90. The van der Waals surface area contributed by atoms with Gasteiger partial charge in [-0.25, -0.2) is 9.59 Å². The Labute approximate surface area is 186 Å². The molecule has 168 valence electrons. The predicted octanol–water partition coefficient (Wildman–Crippen LogP) is 1.56. The van der Waals surface area contributed by atoms with E-state index in [-0.39, 0.29) is 28.7 Å². The van der Waals surface area contributed by atoms with Gasteiger partial charge in [-0.1, -0.05) is 31.5 Å². The number of aromatic nitrogens is 8. The van der Waals surface area contributed by atoms with E-state index in [9.17, 15) is 14.4 Å². The lowest BCUT2D eigenvalue weighted by Crippen LogP contribution is -2.40. The van der Waals surface area contributed by atoms with Gasteiger partial charge in [-0.3, -0.25) is 13.9 Å². The Balaban J connectivity index is 1.50. The lowest BCUT2D eigenvalue weighted by Gasteiger charge is -2.10. The van der Waals surface area contributed by atoms with Crippen LogP contribution in [0.5, 0.6) is 0 Å². The highest BCUT2D eigenvalue weighted by molar-refractivity contribution is 6.28. The van der Waals surface area contributed by atoms with Crippen LogP contribution in [-0.2, 0) is 19.6 Å². The van der Waals surface area contributed by atoms with Gasteiger partial charge >= 0.3 is 11.4 Å². The van der Waals surface area contributed by atoms with E-state index in [0.29, 0.717) is 31.6 Å². The summed E-state index contributed by atoms with van der Waals surface area (Å²) in [6.07, 6.45) is 2.71. The van der Waals surface area contributed by atoms with Crippen LogP contribution in [0.2, 0.25) is 5.28 Å². The fourth-order valence-corrected chi connectivity index (χ4v) is 3.71. The van der Waals surface area contributed by atoms with Gasteiger partial charge in [0, 0.05) is 19.6 Å². The van der Waals surface area contributed by atoms with Crippen molar-refractivity contribution in [1.82, 2.24) is 38.9 Å². The van der Waals surface area contributed by atoms with Crippen molar-refractivity contribution >= 4 is 22.8 Å². The number of hydrogen-bond donors (Lipinski definition) is 1. The summed E-state index contributed by atoms with van der Waals surface area (Å²) in [5.74, 6) is 0. The molecule has 0 amide bonds. The van der Waals surface area contributed by atoms with E-state index in [1.54, 1.807) is 12.1 Å². The Morgan fingerprint density at radius 2 is 1.62 bits per heavy atom. The molecule has 4 rings (SSSR count). The van der Waals surface area contributed by atoms with Crippen LogP contribution in [0.3, 0.4) is 0 Å². The third-order valence-corrected chi connectivity index (χ3v) is 5.39. The van der Waals surface area contributed by atoms with E-state index in [0.717, 1.165) is 12.8 Å². The van der Waals surface area contributed by atoms with Gasteiger partial charge < -0.3 is 4.98 Å². The van der Waals surface area contributed by atoms with Crippen molar-refractivity contribution in [3.8, 4) is 5.69 Å². The van der Waals surface area contributed by atoms with Crippen LogP contribution in [0.25, 0.3) is 16.9 Å². The number of benzene rings is 1. The molecule has 12 heteroatoms. The molecule has 0 fully saturated rings. The van der Waals surface area contributed by atoms with Crippen molar-refractivity contribution in [3.05, 3.63) is 66.9 Å². The van der Waals surface area contributed by atoms with Crippen LogP contribution in [-0.4, -0.2) is 38.9 Å². The van der Waals surface area contributed by atoms with Crippen molar-refractivity contribution in [2.45, 2.75) is 52.2 Å². The number of H-pyrrole nitrogens is 1. The van der Waals surface area contributed by atoms with Gasteiger partial charge in [0.25, 0.3) is 5.56 Å². The van der Waals surface area contributed by atoms with Crippen LogP contribution in [0.4, 0.5) is 0 Å². The number of nitrogens with one attached hydrogen (secondary N) is 1. The number of unbranched alkanes of at least 4 members (excludes halogenated alkanes) is 2. The molecule has 0 aliphatic heterocycles. The fourth-order valence-electron chi connectivity index (χ4n) is 3.53. The summed E-state index contributed by atoms with van der Waals surface area (Å²) >= 11 is 5.94. The molecule has 1 aromatic carbocycles. The second-order valence-electron chi connectivity index (χ2n) is 7.41. The van der Waals surface area contributed by atoms with Crippen LogP contribution in [0.1, 0.15) is 32.6 Å². The average Bonchev–Trinajstić information content (AvgIpc) is 3.36. The number of imidazole rings is 1. The number of nitrogens with zero attached hydrogens (tertiary/aromatic N) is 7. The van der Waals surface area contributed by atoms with E-state index in [4.69, 9.17) is 11.6 Å². The fraction of sp³-hybridized carbons (Fsp3) is 0.400. The summed E-state index contributed by atoms with van der Waals surface area (Å²) in [5.41, 5.74) is -0.0830. The van der Waals surface area contributed by atoms with E-state index < -0.39 is 11.2 Å². The minimum absolute atomic E-state index is 0.0698. The Morgan fingerprint density at radius 3 is 2.38 bits per heavy atom. The molecule has 0 saturated carbocycles. The molecule has 0 radical (unpaired) electrons. The highest BCUT2D eigenvalue weighted by atomic mass is 35.5. The third kappa shape index (κ3) is 4.15. The first kappa shape index (κ1) is 21.8. The van der Waals surface area contributed by atoms with E-state index in [2.05, 4.69) is 20.4 Å². The summed E-state index contributed by atoms with van der Waals surface area (Å²) in [6.45, 7) is 3.00. The zero-order valence-corrected chi connectivity index (χ0v) is 18.3. The summed E-state index contributed by atoms with van der Waals surface area (Å²) in [7, 11) is 0. The molecule has 32 heavy (non-hydrogen) atoms. The minimum Gasteiger partial charge on any atom is -0.323 e. The number of tetrazole rings is 1. The lowest BCUT2D eigenvalue weighted by atomic mass is 10.3. The second kappa shape index (κ2) is 9.35. The normalized spacial score (nSPS) is 11.4. The molecule has 1 N–H and O–H groups in total. The summed E-state index contributed by atoms with van der Waals surface area (Å²) in [6, 6.07) is 9.03. The number of aryl methyl sites for hydroxylation is 2. The SMILES string of the molecule is CCCCn1c(=O)n(CCCCn2nnn(-c3ccccc3)c2=O)c(=O)c2[nH]c(Cl)nc21. The molecule has 11 nitrogen and oxygen atoms in total. The first-order chi connectivity index (χ1) is 15.5. The number of para-hydroxylation sites is 1. The maximum absolute atomic E-state index is 12.9. The third-order valence-electron chi connectivity index (χ3n) is 5.21. The van der Waals surface area contributed by atoms with Crippen LogP contribution < -0.4 is 16.9 Å². The van der Waals surface area contributed by atoms with Crippen molar-refractivity contribution in [1.29, 1.82) is 0 Å². The van der Waals surface area contributed by atoms with Gasteiger partial charge in [0.1, 0.15) is 0 Å². The molecular formula is C20H23ClN8O3. The largest absolute Gasteiger partial charge is 0.368 e. The van der Waals surface area contributed by atoms with Crippen LogP contribution in [0.15, 0.2) is 44.7 Å². The Bertz CT molecular complexity index is 1400. The van der Waals surface area contributed by atoms with Gasteiger partial charge in [0.05, 0.1) is 5.69 Å². The first-order valence-electron chi connectivity index (χ1n) is 10.5. The molecule has 0 bridgehead atoms. The number of halogens is 1. The maximum Gasteiger partial charge on any atom is 0.368 e. The number of rotatable bonds is 9. The Morgan fingerprint density at radius 1 is 0.906 bits per heavy atom. The quantitative estimate of drug-likeness (QED) is 0.299. The molecule has 4 aromatic rings. The zero-order valence-electron chi connectivity index (χ0n) is 17.6. The molecule has 3 heterocycles. The van der Waals surface area contributed by atoms with Gasteiger partial charge in [0.15, 0.2) is 11.2 Å². The second-order valence-corrected chi connectivity index (χ2v) is 7.77. The zero-order chi connectivity index (χ0) is 22.7. The average molecular weight is 459 g/mol. The van der Waals surface area contributed by atoms with Crippen molar-refractivity contribution in [3.63, 3.8) is 0 Å². The van der Waals surface area contributed by atoms with E-state index in [1.807, 2.05) is 25.1 Å².